The summed E-state index contributed by atoms with van der Waals surface area (Å²) in [7, 11) is 0. The Labute approximate surface area is 115 Å². The Morgan fingerprint density at radius 3 is 2.74 bits per heavy atom. The third-order valence-corrected chi connectivity index (χ3v) is 4.17. The van der Waals surface area contributed by atoms with Gasteiger partial charge in [0.25, 0.3) is 0 Å². The summed E-state index contributed by atoms with van der Waals surface area (Å²) in [5.74, 6) is 0. The van der Waals surface area contributed by atoms with Crippen LogP contribution in [0.1, 0.15) is 41.6 Å². The second-order valence-corrected chi connectivity index (χ2v) is 6.06. The van der Waals surface area contributed by atoms with Crippen LogP contribution in [0.5, 0.6) is 0 Å². The number of aromatic nitrogens is 1. The molecule has 1 saturated carbocycles. The van der Waals surface area contributed by atoms with E-state index in [1.54, 1.807) is 0 Å². The van der Waals surface area contributed by atoms with Crippen LogP contribution in [0.25, 0.3) is 10.9 Å². The van der Waals surface area contributed by atoms with Crippen LogP contribution in [0, 0.1) is 20.8 Å². The number of aromatic amines is 1. The summed E-state index contributed by atoms with van der Waals surface area (Å²) < 4.78 is 0. The van der Waals surface area contributed by atoms with Crippen molar-refractivity contribution < 1.29 is 0 Å². The normalized spacial score (nSPS) is 15.3. The minimum atomic E-state index is 0.827. The van der Waals surface area contributed by atoms with Gasteiger partial charge in [-0.25, -0.2) is 0 Å². The Bertz CT molecular complexity index is 591. The van der Waals surface area contributed by atoms with Crippen LogP contribution in [0.2, 0.25) is 0 Å². The molecule has 1 aromatic carbocycles. The number of nitrogens with one attached hydrogen (secondary N) is 2. The standard InChI is InChI=1S/C17H24N2/c1-11-9-12(2)17-15(13(3)19-16(17)10-11)5-4-8-18-14-6-7-14/h9-10,14,18-19H,4-8H2,1-3H3. The van der Waals surface area contributed by atoms with E-state index in [4.69, 9.17) is 0 Å². The predicted octanol–water partition coefficient (Wildman–Crippen LogP) is 3.78. The Balaban J connectivity index is 1.78. The fourth-order valence-corrected chi connectivity index (χ4v) is 3.10. The third kappa shape index (κ3) is 2.69. The summed E-state index contributed by atoms with van der Waals surface area (Å²) in [5, 5.41) is 5.05. The molecule has 0 aliphatic heterocycles. The van der Waals surface area contributed by atoms with Crippen molar-refractivity contribution in [1.82, 2.24) is 10.3 Å². The lowest BCUT2D eigenvalue weighted by Crippen LogP contribution is -2.17. The van der Waals surface area contributed by atoms with Gasteiger partial charge in [-0.2, -0.15) is 0 Å². The molecule has 19 heavy (non-hydrogen) atoms. The highest BCUT2D eigenvalue weighted by molar-refractivity contribution is 5.88. The van der Waals surface area contributed by atoms with Crippen molar-refractivity contribution in [2.75, 3.05) is 6.54 Å². The number of rotatable bonds is 5. The highest BCUT2D eigenvalue weighted by Crippen LogP contribution is 2.28. The van der Waals surface area contributed by atoms with Crippen molar-refractivity contribution in [3.63, 3.8) is 0 Å². The molecule has 102 valence electrons. The van der Waals surface area contributed by atoms with E-state index in [2.05, 4.69) is 43.2 Å². The third-order valence-electron chi connectivity index (χ3n) is 4.17. The zero-order chi connectivity index (χ0) is 13.4. The number of fused-ring (bicyclic) bond motifs is 1. The molecular formula is C17H24N2. The van der Waals surface area contributed by atoms with Crippen LogP contribution >= 0.6 is 0 Å². The number of hydrogen-bond acceptors (Lipinski definition) is 1. The van der Waals surface area contributed by atoms with Gasteiger partial charge in [0.05, 0.1) is 0 Å². The van der Waals surface area contributed by atoms with Crippen LogP contribution in [-0.2, 0) is 6.42 Å². The number of benzene rings is 1. The lowest BCUT2D eigenvalue weighted by atomic mass is 10.0. The first-order chi connectivity index (χ1) is 9.15. The van der Waals surface area contributed by atoms with Gasteiger partial charge in [-0.1, -0.05) is 6.07 Å². The van der Waals surface area contributed by atoms with Crippen molar-refractivity contribution >= 4 is 10.9 Å². The summed E-state index contributed by atoms with van der Waals surface area (Å²) >= 11 is 0. The molecule has 1 fully saturated rings. The molecule has 1 aromatic heterocycles. The molecule has 0 spiro atoms. The first-order valence-corrected chi connectivity index (χ1v) is 7.47. The maximum absolute atomic E-state index is 3.60. The predicted molar refractivity (Wildman–Crippen MR) is 81.9 cm³/mol. The molecule has 1 aliphatic carbocycles. The fraction of sp³-hybridized carbons (Fsp3) is 0.529. The average Bonchev–Trinajstić information content (AvgIpc) is 3.09. The minimum Gasteiger partial charge on any atom is -0.358 e. The molecule has 0 saturated heterocycles. The lowest BCUT2D eigenvalue weighted by molar-refractivity contribution is 0.645. The first kappa shape index (κ1) is 12.7. The van der Waals surface area contributed by atoms with Gasteiger partial charge >= 0.3 is 0 Å². The van der Waals surface area contributed by atoms with Crippen molar-refractivity contribution in [3.05, 3.63) is 34.5 Å². The largest absolute Gasteiger partial charge is 0.358 e. The van der Waals surface area contributed by atoms with Gasteiger partial charge in [-0.15, -0.1) is 0 Å². The van der Waals surface area contributed by atoms with Crippen molar-refractivity contribution in [2.45, 2.75) is 52.5 Å². The summed E-state index contributed by atoms with van der Waals surface area (Å²) in [6.45, 7) is 7.76. The summed E-state index contributed by atoms with van der Waals surface area (Å²) in [5.41, 5.74) is 6.91. The summed E-state index contributed by atoms with van der Waals surface area (Å²) in [4.78, 5) is 3.55. The number of hydrogen-bond donors (Lipinski definition) is 2. The van der Waals surface area contributed by atoms with E-state index < -0.39 is 0 Å². The van der Waals surface area contributed by atoms with Crippen LogP contribution < -0.4 is 5.32 Å². The highest BCUT2D eigenvalue weighted by Gasteiger charge is 2.19. The van der Waals surface area contributed by atoms with Gasteiger partial charge < -0.3 is 10.3 Å². The molecule has 2 aromatic rings. The van der Waals surface area contributed by atoms with E-state index in [0.29, 0.717) is 0 Å². The maximum atomic E-state index is 3.60. The zero-order valence-corrected chi connectivity index (χ0v) is 12.3. The highest BCUT2D eigenvalue weighted by atomic mass is 14.9. The Hall–Kier alpha value is -1.28. The van der Waals surface area contributed by atoms with E-state index >= 15 is 0 Å². The lowest BCUT2D eigenvalue weighted by Gasteiger charge is -2.06. The molecule has 1 aliphatic rings. The quantitative estimate of drug-likeness (QED) is 0.783. The number of aryl methyl sites for hydroxylation is 4. The van der Waals surface area contributed by atoms with E-state index in [1.165, 1.54) is 59.0 Å². The van der Waals surface area contributed by atoms with Gasteiger partial charge in [-0.05, 0) is 75.8 Å². The zero-order valence-electron chi connectivity index (χ0n) is 12.3. The second-order valence-electron chi connectivity index (χ2n) is 6.06. The first-order valence-electron chi connectivity index (χ1n) is 7.47. The molecule has 0 amide bonds. The van der Waals surface area contributed by atoms with E-state index in [9.17, 15) is 0 Å². The van der Waals surface area contributed by atoms with Crippen LogP contribution in [0.3, 0.4) is 0 Å². The Morgan fingerprint density at radius 2 is 2.00 bits per heavy atom. The van der Waals surface area contributed by atoms with Gasteiger partial charge in [0.2, 0.25) is 0 Å². The summed E-state index contributed by atoms with van der Waals surface area (Å²) in [6.07, 6.45) is 5.17. The average molecular weight is 256 g/mol. The van der Waals surface area contributed by atoms with Gasteiger partial charge in [-0.3, -0.25) is 0 Å². The van der Waals surface area contributed by atoms with Gasteiger partial charge in [0, 0.05) is 22.6 Å². The van der Waals surface area contributed by atoms with E-state index in [1.807, 2.05) is 0 Å². The molecule has 2 heteroatoms. The van der Waals surface area contributed by atoms with E-state index in [-0.39, 0.29) is 0 Å². The van der Waals surface area contributed by atoms with Gasteiger partial charge in [0.15, 0.2) is 0 Å². The van der Waals surface area contributed by atoms with Crippen molar-refractivity contribution in [1.29, 1.82) is 0 Å². The second kappa shape index (κ2) is 5.01. The van der Waals surface area contributed by atoms with Crippen LogP contribution in [-0.4, -0.2) is 17.6 Å². The van der Waals surface area contributed by atoms with Crippen molar-refractivity contribution in [3.8, 4) is 0 Å². The minimum absolute atomic E-state index is 0.827. The Kier molecular flexibility index (Phi) is 3.36. The number of H-pyrrole nitrogens is 1. The maximum Gasteiger partial charge on any atom is 0.0464 e. The molecule has 0 bridgehead atoms. The molecule has 0 unspecified atom stereocenters. The molecule has 0 atom stereocenters. The monoisotopic (exact) mass is 256 g/mol. The van der Waals surface area contributed by atoms with E-state index in [0.717, 1.165) is 12.6 Å². The topological polar surface area (TPSA) is 27.8 Å². The van der Waals surface area contributed by atoms with Gasteiger partial charge in [0.1, 0.15) is 0 Å². The molecule has 2 N–H and O–H groups in total. The molecule has 0 radical (unpaired) electrons. The molecular weight excluding hydrogens is 232 g/mol. The molecule has 3 rings (SSSR count). The van der Waals surface area contributed by atoms with Crippen LogP contribution in [0.15, 0.2) is 12.1 Å². The molecule has 1 heterocycles. The SMILES string of the molecule is Cc1cc(C)c2c(CCCNC3CC3)c(C)[nH]c2c1. The smallest absolute Gasteiger partial charge is 0.0464 e. The Morgan fingerprint density at radius 1 is 1.21 bits per heavy atom. The summed E-state index contributed by atoms with van der Waals surface area (Å²) in [6, 6.07) is 5.39. The molecule has 2 nitrogen and oxygen atoms in total. The van der Waals surface area contributed by atoms with Crippen LogP contribution in [0.4, 0.5) is 0 Å². The fourth-order valence-electron chi connectivity index (χ4n) is 3.10. The van der Waals surface area contributed by atoms with Crippen molar-refractivity contribution in [2.24, 2.45) is 0 Å².